The second-order valence-electron chi connectivity index (χ2n) is 7.51. The number of nitrogens with zero attached hydrogens (tertiary/aromatic N) is 5. The third-order valence-corrected chi connectivity index (χ3v) is 5.12. The van der Waals surface area contributed by atoms with Crippen LogP contribution in [0.1, 0.15) is 39.2 Å². The van der Waals surface area contributed by atoms with Crippen LogP contribution in [0.5, 0.6) is 0 Å². The first-order valence-corrected chi connectivity index (χ1v) is 10.1. The Hall–Kier alpha value is -2.67. The van der Waals surface area contributed by atoms with Crippen LogP contribution < -0.4 is 10.2 Å². The minimum Gasteiger partial charge on any atom is -0.395 e. The molecule has 7 nitrogen and oxygen atoms in total. The SMILES string of the molecule is CC(C)n1c(-c2ccccc2)nc2c(NCCO)nc(N3CCCCC3)nc21. The van der Waals surface area contributed by atoms with Gasteiger partial charge < -0.3 is 19.9 Å². The van der Waals surface area contributed by atoms with Crippen molar-refractivity contribution in [1.82, 2.24) is 19.5 Å². The largest absolute Gasteiger partial charge is 0.395 e. The van der Waals surface area contributed by atoms with Crippen LogP contribution in [0.25, 0.3) is 22.6 Å². The Labute approximate surface area is 165 Å². The molecule has 7 heteroatoms. The molecule has 0 saturated carbocycles. The van der Waals surface area contributed by atoms with Crippen LogP contribution in [0.4, 0.5) is 11.8 Å². The first-order valence-electron chi connectivity index (χ1n) is 10.1. The van der Waals surface area contributed by atoms with E-state index in [-0.39, 0.29) is 12.6 Å². The van der Waals surface area contributed by atoms with Crippen molar-refractivity contribution in [2.24, 2.45) is 0 Å². The second kappa shape index (κ2) is 8.14. The van der Waals surface area contributed by atoms with Gasteiger partial charge in [0.1, 0.15) is 5.82 Å². The van der Waals surface area contributed by atoms with Crippen LogP contribution >= 0.6 is 0 Å². The lowest BCUT2D eigenvalue weighted by Gasteiger charge is -2.27. The summed E-state index contributed by atoms with van der Waals surface area (Å²) in [7, 11) is 0. The van der Waals surface area contributed by atoms with Crippen LogP contribution in [-0.2, 0) is 0 Å². The highest BCUT2D eigenvalue weighted by molar-refractivity contribution is 5.88. The smallest absolute Gasteiger partial charge is 0.229 e. The lowest BCUT2D eigenvalue weighted by Crippen LogP contribution is -2.31. The lowest BCUT2D eigenvalue weighted by atomic mass is 10.1. The number of hydrogen-bond acceptors (Lipinski definition) is 6. The number of hydrogen-bond donors (Lipinski definition) is 2. The third-order valence-electron chi connectivity index (χ3n) is 5.12. The van der Waals surface area contributed by atoms with E-state index in [1.54, 1.807) is 0 Å². The summed E-state index contributed by atoms with van der Waals surface area (Å²) in [4.78, 5) is 16.9. The molecule has 0 atom stereocenters. The van der Waals surface area contributed by atoms with E-state index in [2.05, 4.69) is 40.8 Å². The Morgan fingerprint density at radius 1 is 1.04 bits per heavy atom. The van der Waals surface area contributed by atoms with Gasteiger partial charge in [0, 0.05) is 31.2 Å². The summed E-state index contributed by atoms with van der Waals surface area (Å²) in [6.07, 6.45) is 3.59. The zero-order valence-corrected chi connectivity index (χ0v) is 16.6. The first-order chi connectivity index (χ1) is 13.7. The monoisotopic (exact) mass is 380 g/mol. The van der Waals surface area contributed by atoms with Crippen molar-refractivity contribution < 1.29 is 5.11 Å². The van der Waals surface area contributed by atoms with Gasteiger partial charge in [0.15, 0.2) is 17.0 Å². The molecule has 2 aromatic heterocycles. The minimum absolute atomic E-state index is 0.0426. The number of aliphatic hydroxyl groups excluding tert-OH is 1. The van der Waals surface area contributed by atoms with Crippen molar-refractivity contribution in [3.8, 4) is 11.4 Å². The molecule has 1 aliphatic heterocycles. The van der Waals surface area contributed by atoms with Crippen LogP contribution in [0, 0.1) is 0 Å². The Morgan fingerprint density at radius 3 is 2.46 bits per heavy atom. The molecule has 2 N–H and O–H groups in total. The molecule has 0 aliphatic carbocycles. The number of fused-ring (bicyclic) bond motifs is 1. The number of anilines is 2. The summed E-state index contributed by atoms with van der Waals surface area (Å²) in [6.45, 7) is 6.73. The number of piperidine rings is 1. The van der Waals surface area contributed by atoms with Gasteiger partial charge in [0.25, 0.3) is 0 Å². The van der Waals surface area contributed by atoms with Crippen molar-refractivity contribution in [3.63, 3.8) is 0 Å². The second-order valence-corrected chi connectivity index (χ2v) is 7.51. The average Bonchev–Trinajstić information content (AvgIpc) is 3.13. The molecule has 0 spiro atoms. The summed E-state index contributed by atoms with van der Waals surface area (Å²) in [5.41, 5.74) is 2.65. The van der Waals surface area contributed by atoms with Crippen molar-refractivity contribution in [2.45, 2.75) is 39.2 Å². The number of aromatic nitrogens is 4. The zero-order valence-electron chi connectivity index (χ0n) is 16.6. The van der Waals surface area contributed by atoms with Crippen LogP contribution in [-0.4, -0.2) is 50.9 Å². The van der Waals surface area contributed by atoms with Gasteiger partial charge in [-0.05, 0) is 33.1 Å². The van der Waals surface area contributed by atoms with Gasteiger partial charge in [-0.1, -0.05) is 30.3 Å². The molecule has 148 valence electrons. The molecule has 0 amide bonds. The molecule has 1 aliphatic rings. The summed E-state index contributed by atoms with van der Waals surface area (Å²) < 4.78 is 2.18. The van der Waals surface area contributed by atoms with Crippen LogP contribution in [0.3, 0.4) is 0 Å². The first kappa shape index (κ1) is 18.7. The van der Waals surface area contributed by atoms with Crippen LogP contribution in [0.15, 0.2) is 30.3 Å². The fourth-order valence-electron chi connectivity index (χ4n) is 3.78. The Balaban J connectivity index is 1.91. The van der Waals surface area contributed by atoms with E-state index in [9.17, 15) is 5.11 Å². The highest BCUT2D eigenvalue weighted by Crippen LogP contribution is 2.32. The molecule has 28 heavy (non-hydrogen) atoms. The molecule has 0 unspecified atom stereocenters. The summed E-state index contributed by atoms with van der Waals surface area (Å²) in [5, 5.41) is 12.5. The van der Waals surface area contributed by atoms with Crippen molar-refractivity contribution >= 4 is 22.9 Å². The van der Waals surface area contributed by atoms with Crippen LogP contribution in [0.2, 0.25) is 0 Å². The number of imidazole rings is 1. The van der Waals surface area contributed by atoms with Crippen molar-refractivity contribution in [1.29, 1.82) is 0 Å². The van der Waals surface area contributed by atoms with Gasteiger partial charge in [-0.25, -0.2) is 4.98 Å². The molecular formula is C21H28N6O. The van der Waals surface area contributed by atoms with E-state index < -0.39 is 0 Å². The topological polar surface area (TPSA) is 79.1 Å². The maximum Gasteiger partial charge on any atom is 0.229 e. The normalized spacial score (nSPS) is 14.8. The summed E-state index contributed by atoms with van der Waals surface area (Å²) in [5.74, 6) is 2.33. The van der Waals surface area contributed by atoms with Gasteiger partial charge >= 0.3 is 0 Å². The van der Waals surface area contributed by atoms with Gasteiger partial charge in [-0.2, -0.15) is 9.97 Å². The van der Waals surface area contributed by atoms with E-state index in [1.165, 1.54) is 19.3 Å². The van der Waals surface area contributed by atoms with Crippen molar-refractivity contribution in [2.75, 3.05) is 36.5 Å². The Morgan fingerprint density at radius 2 is 1.79 bits per heavy atom. The van der Waals surface area contributed by atoms with E-state index in [0.29, 0.717) is 12.4 Å². The number of rotatable bonds is 6. The number of benzene rings is 1. The molecule has 0 bridgehead atoms. The molecule has 0 radical (unpaired) electrons. The van der Waals surface area contributed by atoms with Crippen molar-refractivity contribution in [3.05, 3.63) is 30.3 Å². The number of aliphatic hydroxyl groups is 1. The third kappa shape index (κ3) is 3.54. The molecule has 4 rings (SSSR count). The van der Waals surface area contributed by atoms with E-state index in [0.717, 1.165) is 41.6 Å². The minimum atomic E-state index is 0.0426. The summed E-state index contributed by atoms with van der Waals surface area (Å²) >= 11 is 0. The van der Waals surface area contributed by atoms with Gasteiger partial charge in [0.2, 0.25) is 5.95 Å². The zero-order chi connectivity index (χ0) is 19.5. The van der Waals surface area contributed by atoms with Gasteiger partial charge in [-0.3, -0.25) is 0 Å². The molecule has 1 fully saturated rings. The molecule has 1 saturated heterocycles. The van der Waals surface area contributed by atoms with E-state index in [4.69, 9.17) is 15.0 Å². The highest BCUT2D eigenvalue weighted by Gasteiger charge is 2.23. The standard InChI is InChI=1S/C21H28N6O/c1-15(2)27-19(16-9-5-3-6-10-16)23-17-18(22-11-14-28)24-21(25-20(17)27)26-12-7-4-8-13-26/h3,5-6,9-10,15,28H,4,7-8,11-14H2,1-2H3,(H,22,24,25). The van der Waals surface area contributed by atoms with Gasteiger partial charge in [0.05, 0.1) is 6.61 Å². The predicted octanol–water partition coefficient (Wildman–Crippen LogP) is 3.47. The molecule has 3 aromatic rings. The quantitative estimate of drug-likeness (QED) is 0.682. The summed E-state index contributed by atoms with van der Waals surface area (Å²) in [6, 6.07) is 10.4. The maximum atomic E-state index is 9.30. The van der Waals surface area contributed by atoms with E-state index >= 15 is 0 Å². The molecule has 3 heterocycles. The molecular weight excluding hydrogens is 352 g/mol. The Bertz CT molecular complexity index is 931. The highest BCUT2D eigenvalue weighted by atomic mass is 16.3. The fourth-order valence-corrected chi connectivity index (χ4v) is 3.78. The average molecular weight is 380 g/mol. The van der Waals surface area contributed by atoms with E-state index in [1.807, 2.05) is 18.2 Å². The fraction of sp³-hybridized carbons (Fsp3) is 0.476. The Kier molecular flexibility index (Phi) is 5.43. The van der Waals surface area contributed by atoms with Gasteiger partial charge in [-0.15, -0.1) is 0 Å². The number of nitrogens with one attached hydrogen (secondary N) is 1. The lowest BCUT2D eigenvalue weighted by molar-refractivity contribution is 0.311. The predicted molar refractivity (Wildman–Crippen MR) is 113 cm³/mol. The maximum absolute atomic E-state index is 9.30. The molecule has 1 aromatic carbocycles.